The summed E-state index contributed by atoms with van der Waals surface area (Å²) in [6.07, 6.45) is 3.26. The van der Waals surface area contributed by atoms with E-state index in [1.54, 1.807) is 0 Å². The first-order chi connectivity index (χ1) is 8.16. The van der Waals surface area contributed by atoms with Crippen molar-refractivity contribution < 1.29 is 13.2 Å². The lowest BCUT2D eigenvalue weighted by molar-refractivity contribution is -0.123. The van der Waals surface area contributed by atoms with Gasteiger partial charge < -0.3 is 10.6 Å². The molecule has 1 fully saturated rings. The highest BCUT2D eigenvalue weighted by Crippen LogP contribution is 2.18. The topological polar surface area (TPSA) is 75.3 Å². The molecule has 1 rings (SSSR count). The van der Waals surface area contributed by atoms with Crippen molar-refractivity contribution in [2.24, 2.45) is 5.92 Å². The fourth-order valence-electron chi connectivity index (χ4n) is 1.97. The van der Waals surface area contributed by atoms with Crippen molar-refractivity contribution in [2.75, 3.05) is 19.3 Å². The van der Waals surface area contributed by atoms with Crippen LogP contribution in [-0.4, -0.2) is 44.5 Å². The maximum absolute atomic E-state index is 12.1. The van der Waals surface area contributed by atoms with Gasteiger partial charge in [-0.1, -0.05) is 0 Å². The molecule has 1 heterocycles. The maximum Gasteiger partial charge on any atom is 0.241 e. The van der Waals surface area contributed by atoms with Gasteiger partial charge in [0.15, 0.2) is 9.84 Å². The molecule has 2 N–H and O–H groups in total. The lowest BCUT2D eigenvalue weighted by Gasteiger charge is -2.31. The number of hydrogen-bond acceptors (Lipinski definition) is 4. The number of amides is 1. The molecule has 1 aliphatic rings. The van der Waals surface area contributed by atoms with E-state index in [-0.39, 0.29) is 18.4 Å². The maximum atomic E-state index is 12.1. The first-order valence-corrected chi connectivity index (χ1v) is 8.26. The summed E-state index contributed by atoms with van der Waals surface area (Å²) >= 11 is 0. The molecule has 0 spiro atoms. The van der Waals surface area contributed by atoms with Crippen LogP contribution in [0, 0.1) is 5.92 Å². The van der Waals surface area contributed by atoms with Crippen LogP contribution in [0.1, 0.15) is 33.6 Å². The largest absolute Gasteiger partial charge is 0.352 e. The Morgan fingerprint density at radius 3 is 2.42 bits per heavy atom. The van der Waals surface area contributed by atoms with E-state index in [4.69, 9.17) is 0 Å². The Hall–Kier alpha value is -0.330. The molecule has 1 saturated heterocycles. The van der Waals surface area contributed by atoms with Crippen LogP contribution < -0.4 is 10.6 Å². The van der Waals surface area contributed by atoms with Gasteiger partial charge in [-0.3, -0.25) is 4.79 Å². The van der Waals surface area contributed by atoms with Gasteiger partial charge in [-0.25, -0.2) is 8.42 Å². The van der Waals surface area contributed by atoms with Crippen molar-refractivity contribution in [3.8, 4) is 0 Å². The second-order valence-corrected chi connectivity index (χ2v) is 8.22. The summed E-state index contributed by atoms with van der Waals surface area (Å²) in [6, 6.07) is -0.00803. The van der Waals surface area contributed by atoms with Crippen molar-refractivity contribution in [2.45, 2.75) is 44.4 Å². The first kappa shape index (κ1) is 18.7. The van der Waals surface area contributed by atoms with Gasteiger partial charge in [0.05, 0.1) is 0 Å². The van der Waals surface area contributed by atoms with E-state index in [0.29, 0.717) is 5.92 Å². The fourth-order valence-corrected chi connectivity index (χ4v) is 2.37. The summed E-state index contributed by atoms with van der Waals surface area (Å²) < 4.78 is 21.8. The number of sulfone groups is 1. The lowest BCUT2D eigenvalue weighted by Crippen LogP contribution is -2.53. The average Bonchev–Trinajstić information content (AvgIpc) is 2.28. The van der Waals surface area contributed by atoms with Crippen molar-refractivity contribution in [1.82, 2.24) is 10.6 Å². The van der Waals surface area contributed by atoms with Crippen LogP contribution in [0.25, 0.3) is 0 Å². The van der Waals surface area contributed by atoms with Gasteiger partial charge in [0.25, 0.3) is 0 Å². The van der Waals surface area contributed by atoms with Gasteiger partial charge in [-0.15, -0.1) is 12.4 Å². The normalized spacial score (nSPS) is 22.2. The molecule has 1 aliphatic heterocycles. The summed E-state index contributed by atoms with van der Waals surface area (Å²) in [4.78, 5) is 12.1. The number of carbonyl (C=O) groups excluding carboxylic acids is 1. The van der Waals surface area contributed by atoms with E-state index in [9.17, 15) is 13.2 Å². The third-order valence-electron chi connectivity index (χ3n) is 3.87. The van der Waals surface area contributed by atoms with Gasteiger partial charge in [-0.2, -0.15) is 0 Å². The molecule has 0 aromatic heterocycles. The third kappa shape index (κ3) is 4.61. The van der Waals surface area contributed by atoms with Crippen LogP contribution in [0.2, 0.25) is 0 Å². The van der Waals surface area contributed by atoms with Gasteiger partial charge >= 0.3 is 0 Å². The molecule has 5 nitrogen and oxygen atoms in total. The smallest absolute Gasteiger partial charge is 0.241 e. The molecule has 2 unspecified atom stereocenters. The number of nitrogens with one attached hydrogen (secondary N) is 2. The number of piperidine rings is 1. The Morgan fingerprint density at radius 2 is 2.00 bits per heavy atom. The summed E-state index contributed by atoms with van der Waals surface area (Å²) in [7, 11) is -3.41. The number of rotatable bonds is 4. The summed E-state index contributed by atoms with van der Waals surface area (Å²) in [5, 5.41) is 6.13. The Morgan fingerprint density at radius 1 is 1.42 bits per heavy atom. The van der Waals surface area contributed by atoms with Crippen LogP contribution in [0.15, 0.2) is 0 Å². The van der Waals surface area contributed by atoms with Crippen molar-refractivity contribution >= 4 is 28.2 Å². The summed E-state index contributed by atoms with van der Waals surface area (Å²) in [5.41, 5.74) is 0. The standard InChI is InChI=1S/C12H24N2O3S.ClH/c1-9(10-6-5-7-13-8-10)14-11(15)12(2,3)18(4,16)17;/h9-10,13H,5-8H2,1-4H3,(H,14,15);1H. The monoisotopic (exact) mass is 312 g/mol. The molecular formula is C12H25ClN2O3S. The van der Waals surface area contributed by atoms with E-state index in [0.717, 1.165) is 32.2 Å². The Balaban J connectivity index is 0.00000324. The molecule has 0 aliphatic carbocycles. The van der Waals surface area contributed by atoms with Gasteiger partial charge in [0, 0.05) is 12.3 Å². The molecule has 114 valence electrons. The second kappa shape index (κ2) is 6.90. The van der Waals surface area contributed by atoms with Crippen LogP contribution >= 0.6 is 12.4 Å². The lowest BCUT2D eigenvalue weighted by atomic mass is 9.92. The van der Waals surface area contributed by atoms with Crippen LogP contribution in [0.4, 0.5) is 0 Å². The zero-order chi connectivity index (χ0) is 14.0. The minimum absolute atomic E-state index is 0. The molecule has 0 bridgehead atoms. The molecule has 0 radical (unpaired) electrons. The van der Waals surface area contributed by atoms with E-state index < -0.39 is 20.5 Å². The summed E-state index contributed by atoms with van der Waals surface area (Å²) in [5.74, 6) is -0.0406. The number of hydrogen-bond donors (Lipinski definition) is 2. The summed E-state index contributed by atoms with van der Waals surface area (Å²) in [6.45, 7) is 6.73. The molecule has 7 heteroatoms. The number of halogens is 1. The zero-order valence-corrected chi connectivity index (χ0v) is 13.7. The third-order valence-corrected chi connectivity index (χ3v) is 5.91. The Kier molecular flexibility index (Phi) is 6.78. The predicted octanol–water partition coefficient (Wildman–Crippen LogP) is 0.736. The minimum atomic E-state index is -3.41. The van der Waals surface area contributed by atoms with Crippen LogP contribution in [0.5, 0.6) is 0 Å². The van der Waals surface area contributed by atoms with Crippen LogP contribution in [0.3, 0.4) is 0 Å². The van der Waals surface area contributed by atoms with Gasteiger partial charge in [0.1, 0.15) is 4.75 Å². The predicted molar refractivity (Wildman–Crippen MR) is 79.4 cm³/mol. The molecule has 0 aromatic rings. The first-order valence-electron chi connectivity index (χ1n) is 6.37. The Bertz CT molecular complexity index is 403. The van der Waals surface area contributed by atoms with Gasteiger partial charge in [-0.05, 0) is 52.6 Å². The van der Waals surface area contributed by atoms with Crippen LogP contribution in [-0.2, 0) is 14.6 Å². The second-order valence-electron chi connectivity index (χ2n) is 5.65. The SMILES string of the molecule is CC(NC(=O)C(C)(C)S(C)(=O)=O)C1CCCNC1.Cl. The highest BCUT2D eigenvalue weighted by Gasteiger charge is 2.39. The molecule has 0 saturated carbocycles. The highest BCUT2D eigenvalue weighted by molar-refractivity contribution is 7.92. The van der Waals surface area contributed by atoms with Crippen molar-refractivity contribution in [3.05, 3.63) is 0 Å². The molecule has 1 amide bonds. The molecule has 19 heavy (non-hydrogen) atoms. The van der Waals surface area contributed by atoms with E-state index in [1.807, 2.05) is 6.92 Å². The highest BCUT2D eigenvalue weighted by atomic mass is 35.5. The van der Waals surface area contributed by atoms with Crippen molar-refractivity contribution in [3.63, 3.8) is 0 Å². The quantitative estimate of drug-likeness (QED) is 0.803. The minimum Gasteiger partial charge on any atom is -0.352 e. The van der Waals surface area contributed by atoms with E-state index >= 15 is 0 Å². The molecule has 0 aromatic carbocycles. The number of carbonyl (C=O) groups is 1. The van der Waals surface area contributed by atoms with Gasteiger partial charge in [0.2, 0.25) is 5.91 Å². The fraction of sp³-hybridized carbons (Fsp3) is 0.917. The van der Waals surface area contributed by atoms with E-state index in [2.05, 4.69) is 10.6 Å². The van der Waals surface area contributed by atoms with E-state index in [1.165, 1.54) is 13.8 Å². The zero-order valence-electron chi connectivity index (χ0n) is 12.0. The van der Waals surface area contributed by atoms with Crippen molar-refractivity contribution in [1.29, 1.82) is 0 Å². The molecule has 2 atom stereocenters. The average molecular weight is 313 g/mol. The Labute approximate surface area is 122 Å². The molecular weight excluding hydrogens is 288 g/mol.